The van der Waals surface area contributed by atoms with Crippen LogP contribution in [0.15, 0.2) is 16.6 Å². The molecular weight excluding hydrogens is 246 g/mol. The first kappa shape index (κ1) is 7.54. The van der Waals surface area contributed by atoms with Gasteiger partial charge in [-0.05, 0) is 46.6 Å². The van der Waals surface area contributed by atoms with Gasteiger partial charge in [-0.2, -0.15) is 0 Å². The topological polar surface area (TPSA) is 44.5 Å². The van der Waals surface area contributed by atoms with Crippen LogP contribution in [0.5, 0.6) is 11.5 Å². The van der Waals surface area contributed by atoms with E-state index in [1.165, 1.54) is 7.11 Å². The Kier molecular flexibility index (Phi) is 2.81. The largest absolute Gasteiger partial charge is 0.496 e. The van der Waals surface area contributed by atoms with Gasteiger partial charge in [0.25, 0.3) is 0 Å². The number of nitrogens with two attached hydrogens (primary N) is 1. The van der Waals surface area contributed by atoms with Gasteiger partial charge >= 0.3 is 0 Å². The highest BCUT2D eigenvalue weighted by Gasteiger charge is 2.08. The molecule has 3 nitrogen and oxygen atoms in total. The van der Waals surface area contributed by atoms with Crippen molar-refractivity contribution in [3.63, 3.8) is 0 Å². The first-order valence-corrected chi connectivity index (χ1v) is 4.92. The summed E-state index contributed by atoms with van der Waals surface area (Å²) in [5.41, 5.74) is 6.19. The molecule has 14 heavy (non-hydrogen) atoms. The molecule has 1 rings (SSSR count). The van der Waals surface area contributed by atoms with Gasteiger partial charge in [-0.1, -0.05) is 0 Å². The van der Waals surface area contributed by atoms with Crippen molar-refractivity contribution in [2.45, 2.75) is 6.42 Å². The summed E-state index contributed by atoms with van der Waals surface area (Å²) in [6.07, 6.45) is 0.523. The molecule has 4 heteroatoms. The lowest BCUT2D eigenvalue weighted by molar-refractivity contribution is 0.397. The number of hydrogen-bond acceptors (Lipinski definition) is 3. The lowest BCUT2D eigenvalue weighted by Crippen LogP contribution is -2.04. The van der Waals surface area contributed by atoms with Crippen LogP contribution in [0.2, 0.25) is 0 Å². The highest BCUT2D eigenvalue weighted by Crippen LogP contribution is 2.32. The van der Waals surface area contributed by atoms with Crippen LogP contribution < -0.4 is 15.2 Å². The van der Waals surface area contributed by atoms with Crippen molar-refractivity contribution >= 4 is 15.9 Å². The zero-order valence-electron chi connectivity index (χ0n) is 10.8. The van der Waals surface area contributed by atoms with Crippen LogP contribution in [0.1, 0.15) is 9.68 Å². The summed E-state index contributed by atoms with van der Waals surface area (Å²) in [6.45, 7) is 0.405. The maximum atomic E-state index is 7.10. The van der Waals surface area contributed by atoms with E-state index in [-0.39, 0.29) is 0 Å². The summed E-state index contributed by atoms with van der Waals surface area (Å²) in [5.74, 6) is 0.912. The third-order valence-corrected chi connectivity index (χ3v) is 2.48. The Bertz CT molecular complexity index is 396. The van der Waals surface area contributed by atoms with E-state index < -0.39 is 7.04 Å². The molecule has 0 aliphatic heterocycles. The monoisotopic (exact) mass is 262 g/mol. The molecule has 0 heterocycles. The normalized spacial score (nSPS) is 14.1. The first-order chi connectivity index (χ1) is 7.87. The molecule has 0 spiro atoms. The fraction of sp³-hybridized carbons (Fsp3) is 0.400. The fourth-order valence-electron chi connectivity index (χ4n) is 1.18. The number of ether oxygens (including phenoxy) is 2. The molecule has 78 valence electrons. The predicted molar refractivity (Wildman–Crippen MR) is 60.0 cm³/mol. The van der Waals surface area contributed by atoms with Crippen LogP contribution in [-0.4, -0.2) is 20.7 Å². The van der Waals surface area contributed by atoms with Crippen LogP contribution in [0, 0.1) is 0 Å². The lowest BCUT2D eigenvalue weighted by Gasteiger charge is -2.11. The molecule has 0 aliphatic rings. The molecule has 1 aromatic rings. The predicted octanol–water partition coefficient (Wildman–Crippen LogP) is 1.97. The van der Waals surface area contributed by atoms with E-state index >= 15 is 0 Å². The molecule has 0 bridgehead atoms. The molecular formula is C10H14BrNO2. The van der Waals surface area contributed by atoms with E-state index in [0.717, 1.165) is 0 Å². The number of rotatable bonds is 4. The molecule has 0 atom stereocenters. The Hall–Kier alpha value is -0.740. The fourth-order valence-corrected chi connectivity index (χ4v) is 1.66. The van der Waals surface area contributed by atoms with Crippen molar-refractivity contribution in [3.8, 4) is 11.5 Å². The summed E-state index contributed by atoms with van der Waals surface area (Å²) in [7, 11) is -0.937. The van der Waals surface area contributed by atoms with Gasteiger partial charge in [0.05, 0.1) is 22.7 Å². The quantitative estimate of drug-likeness (QED) is 0.903. The molecule has 1 aromatic carbocycles. The summed E-state index contributed by atoms with van der Waals surface area (Å²) < 4.78 is 32.0. The zero-order valence-corrected chi connectivity index (χ0v) is 9.43. The van der Waals surface area contributed by atoms with Crippen molar-refractivity contribution in [2.24, 2.45) is 5.73 Å². The van der Waals surface area contributed by atoms with Gasteiger partial charge in [-0.3, -0.25) is 0 Å². The zero-order chi connectivity index (χ0) is 13.1. The van der Waals surface area contributed by atoms with Crippen molar-refractivity contribution < 1.29 is 13.6 Å². The van der Waals surface area contributed by atoms with Crippen molar-refractivity contribution in [1.82, 2.24) is 0 Å². The second-order valence-corrected chi connectivity index (χ2v) is 3.59. The third kappa shape index (κ3) is 2.39. The van der Waals surface area contributed by atoms with Crippen LogP contribution in [-0.2, 0) is 6.42 Å². The van der Waals surface area contributed by atoms with Gasteiger partial charge < -0.3 is 15.2 Å². The highest BCUT2D eigenvalue weighted by molar-refractivity contribution is 9.10. The molecule has 0 aliphatic carbocycles. The Labute approximate surface area is 96.5 Å². The average Bonchev–Trinajstić information content (AvgIpc) is 2.20. The van der Waals surface area contributed by atoms with Crippen LogP contribution >= 0.6 is 15.9 Å². The van der Waals surface area contributed by atoms with Crippen LogP contribution in [0.4, 0.5) is 0 Å². The van der Waals surface area contributed by atoms with Gasteiger partial charge in [0.2, 0.25) is 0 Å². The van der Waals surface area contributed by atoms with E-state index in [0.29, 0.717) is 34.5 Å². The molecule has 2 N–H and O–H groups in total. The van der Waals surface area contributed by atoms with Crippen molar-refractivity contribution in [2.75, 3.05) is 20.7 Å². The smallest absolute Gasteiger partial charge is 0.133 e. The highest BCUT2D eigenvalue weighted by atomic mass is 79.9. The summed E-state index contributed by atoms with van der Waals surface area (Å²) >= 11 is 3.28. The summed E-state index contributed by atoms with van der Waals surface area (Å²) in [6, 6.07) is 3.30. The molecule has 0 radical (unpaired) electrons. The maximum absolute atomic E-state index is 7.10. The molecule has 0 amide bonds. The second kappa shape index (κ2) is 5.22. The van der Waals surface area contributed by atoms with Crippen LogP contribution in [0.3, 0.4) is 0 Å². The van der Waals surface area contributed by atoms with E-state index in [1.54, 1.807) is 12.1 Å². The third-order valence-electron chi connectivity index (χ3n) is 1.86. The van der Waals surface area contributed by atoms with Crippen molar-refractivity contribution in [1.29, 1.82) is 0 Å². The molecule has 0 saturated carbocycles. The van der Waals surface area contributed by atoms with E-state index in [2.05, 4.69) is 15.9 Å². The molecule has 0 fully saturated rings. The minimum absolute atomic E-state index is 0.295. The number of benzene rings is 1. The standard InChI is InChI=1S/C10H14BrNO2/c1-13-9-6-8(11)10(14-2)5-7(9)3-4-12/h5-6H,3-4,12H2,1-2H3/i1D3. The molecule has 0 saturated heterocycles. The minimum Gasteiger partial charge on any atom is -0.496 e. The Morgan fingerprint density at radius 2 is 2.21 bits per heavy atom. The number of halogens is 1. The average molecular weight is 263 g/mol. The summed E-state index contributed by atoms with van der Waals surface area (Å²) in [5, 5.41) is 0. The molecule has 0 unspecified atom stereocenters. The number of hydrogen-bond donors (Lipinski definition) is 1. The second-order valence-electron chi connectivity index (χ2n) is 2.74. The number of methoxy groups -OCH3 is 2. The van der Waals surface area contributed by atoms with Crippen molar-refractivity contribution in [3.05, 3.63) is 22.2 Å². The summed E-state index contributed by atoms with van der Waals surface area (Å²) in [4.78, 5) is 0. The Morgan fingerprint density at radius 3 is 2.79 bits per heavy atom. The lowest BCUT2D eigenvalue weighted by atomic mass is 10.1. The Balaban J connectivity index is 3.13. The van der Waals surface area contributed by atoms with Gasteiger partial charge in [0.15, 0.2) is 0 Å². The van der Waals surface area contributed by atoms with E-state index in [4.69, 9.17) is 19.3 Å². The van der Waals surface area contributed by atoms with Crippen LogP contribution in [0.25, 0.3) is 0 Å². The minimum atomic E-state index is -2.47. The molecule has 0 aromatic heterocycles. The van der Waals surface area contributed by atoms with Gasteiger partial charge in [0, 0.05) is 0 Å². The van der Waals surface area contributed by atoms with E-state index in [1.807, 2.05) is 0 Å². The van der Waals surface area contributed by atoms with Gasteiger partial charge in [-0.25, -0.2) is 0 Å². The van der Waals surface area contributed by atoms with E-state index in [9.17, 15) is 0 Å². The van der Waals surface area contributed by atoms with Gasteiger partial charge in [0.1, 0.15) is 11.5 Å². The Morgan fingerprint density at radius 1 is 1.43 bits per heavy atom. The first-order valence-electron chi connectivity index (χ1n) is 5.63. The maximum Gasteiger partial charge on any atom is 0.133 e. The SMILES string of the molecule is [2H]C([2H])([2H])Oc1cc(Br)c(OC)cc1CCN. The van der Waals surface area contributed by atoms with Gasteiger partial charge in [-0.15, -0.1) is 0 Å².